The van der Waals surface area contributed by atoms with Crippen LogP contribution in [-0.4, -0.2) is 26.9 Å². The van der Waals surface area contributed by atoms with Crippen LogP contribution in [0.3, 0.4) is 0 Å². The third kappa shape index (κ3) is 5.29. The van der Waals surface area contributed by atoms with Crippen LogP contribution in [0.2, 0.25) is 0 Å². The molecule has 0 aliphatic carbocycles. The highest BCUT2D eigenvalue weighted by Crippen LogP contribution is 2.29. The molecule has 2 heterocycles. The second-order valence-corrected chi connectivity index (χ2v) is 6.74. The maximum atomic E-state index is 14.5. The molecule has 0 saturated carbocycles. The molecule has 2 amide bonds. The number of carbonyl (C=O) groups is 1. The monoisotopic (exact) mass is 461 g/mol. The molecule has 0 radical (unpaired) electrons. The summed E-state index contributed by atoms with van der Waals surface area (Å²) in [4.78, 5) is 20.4. The van der Waals surface area contributed by atoms with Crippen molar-refractivity contribution >= 4 is 28.4 Å². The van der Waals surface area contributed by atoms with Crippen molar-refractivity contribution in [1.29, 1.82) is 0 Å². The summed E-state index contributed by atoms with van der Waals surface area (Å²) in [6.45, 7) is 0. The standard InChI is InChI=1S/C21H15F4N5O3/c1-30-8-7-17-18(30)19(27-11-26-17)32-13-5-6-16(15(22)10-13)29-20(31)28-12-3-2-4-14(9-12)33-21(23,24)25/h2-11H,1H3,(H2,28,29,31). The van der Waals surface area contributed by atoms with Crippen LogP contribution in [0.25, 0.3) is 11.0 Å². The SMILES string of the molecule is Cn1ccc2ncnc(Oc3ccc(NC(=O)Nc4cccc(OC(F)(F)F)c4)c(F)c3)c21. The van der Waals surface area contributed by atoms with Crippen molar-refractivity contribution < 1.29 is 31.8 Å². The minimum absolute atomic E-state index is 0.0185. The summed E-state index contributed by atoms with van der Waals surface area (Å²) in [7, 11) is 1.79. The van der Waals surface area contributed by atoms with Crippen molar-refractivity contribution in [2.24, 2.45) is 7.05 Å². The Morgan fingerprint density at radius 3 is 2.61 bits per heavy atom. The lowest BCUT2D eigenvalue weighted by molar-refractivity contribution is -0.274. The molecule has 8 nitrogen and oxygen atoms in total. The summed E-state index contributed by atoms with van der Waals surface area (Å²) in [5.41, 5.74) is 1.12. The zero-order valence-corrected chi connectivity index (χ0v) is 16.9. The topological polar surface area (TPSA) is 90.3 Å². The molecular formula is C21H15F4N5O3. The molecule has 0 unspecified atom stereocenters. The van der Waals surface area contributed by atoms with Crippen molar-refractivity contribution in [1.82, 2.24) is 14.5 Å². The first-order valence-corrected chi connectivity index (χ1v) is 9.35. The number of halogens is 4. The highest BCUT2D eigenvalue weighted by molar-refractivity contribution is 6.00. The minimum Gasteiger partial charge on any atom is -0.437 e. The Kier molecular flexibility index (Phi) is 5.73. The van der Waals surface area contributed by atoms with Crippen LogP contribution in [0.4, 0.5) is 33.7 Å². The van der Waals surface area contributed by atoms with E-state index in [1.807, 2.05) is 0 Å². The molecule has 2 aromatic carbocycles. The second kappa shape index (κ2) is 8.65. The Morgan fingerprint density at radius 2 is 1.85 bits per heavy atom. The predicted molar refractivity (Wildman–Crippen MR) is 111 cm³/mol. The smallest absolute Gasteiger partial charge is 0.437 e. The van der Waals surface area contributed by atoms with Crippen molar-refractivity contribution in [2.45, 2.75) is 6.36 Å². The Bertz CT molecular complexity index is 1320. The quantitative estimate of drug-likeness (QED) is 0.386. The van der Waals surface area contributed by atoms with Crippen molar-refractivity contribution in [3.8, 4) is 17.4 Å². The predicted octanol–water partition coefficient (Wildman–Crippen LogP) is 5.44. The number of nitrogens with zero attached hydrogens (tertiary/aromatic N) is 3. The summed E-state index contributed by atoms with van der Waals surface area (Å²) >= 11 is 0. The second-order valence-electron chi connectivity index (χ2n) is 6.74. The van der Waals surface area contributed by atoms with Crippen LogP contribution >= 0.6 is 0 Å². The number of rotatable bonds is 5. The molecule has 170 valence electrons. The molecule has 4 rings (SSSR count). The molecule has 12 heteroatoms. The number of hydrogen-bond donors (Lipinski definition) is 2. The number of urea groups is 1. The molecule has 0 fully saturated rings. The van der Waals surface area contributed by atoms with E-state index in [0.29, 0.717) is 11.0 Å². The summed E-state index contributed by atoms with van der Waals surface area (Å²) < 4.78 is 62.8. The fraction of sp³-hybridized carbons (Fsp3) is 0.0952. The van der Waals surface area contributed by atoms with Crippen LogP contribution in [-0.2, 0) is 7.05 Å². The van der Waals surface area contributed by atoms with Crippen LogP contribution in [0, 0.1) is 5.82 Å². The summed E-state index contributed by atoms with van der Waals surface area (Å²) in [5.74, 6) is -0.943. The first-order valence-electron chi connectivity index (χ1n) is 9.35. The van der Waals surface area contributed by atoms with Gasteiger partial charge >= 0.3 is 12.4 Å². The third-order valence-corrected chi connectivity index (χ3v) is 4.35. The number of aromatic nitrogens is 3. The maximum absolute atomic E-state index is 14.5. The van der Waals surface area contributed by atoms with E-state index in [1.54, 1.807) is 23.9 Å². The normalized spacial score (nSPS) is 11.3. The number of nitrogens with one attached hydrogen (secondary N) is 2. The number of amides is 2. The van der Waals surface area contributed by atoms with E-state index in [0.717, 1.165) is 18.2 Å². The molecule has 0 atom stereocenters. The average Bonchev–Trinajstić information content (AvgIpc) is 3.11. The number of aryl methyl sites for hydroxylation is 1. The Hall–Kier alpha value is -4.35. The summed E-state index contributed by atoms with van der Waals surface area (Å²) in [5, 5.41) is 4.59. The van der Waals surface area contributed by atoms with Crippen LogP contribution < -0.4 is 20.1 Å². The fourth-order valence-electron chi connectivity index (χ4n) is 2.99. The van der Waals surface area contributed by atoms with Gasteiger partial charge in [-0.1, -0.05) is 6.07 Å². The maximum Gasteiger partial charge on any atom is 0.573 e. The average molecular weight is 461 g/mol. The van der Waals surface area contributed by atoms with Crippen molar-refractivity contribution in [3.05, 3.63) is 66.9 Å². The number of ether oxygens (including phenoxy) is 2. The van der Waals surface area contributed by atoms with Gasteiger partial charge in [-0.2, -0.15) is 4.98 Å². The fourth-order valence-corrected chi connectivity index (χ4v) is 2.99. The number of benzene rings is 2. The Balaban J connectivity index is 1.44. The van der Waals surface area contributed by atoms with Crippen molar-refractivity contribution in [2.75, 3.05) is 10.6 Å². The van der Waals surface area contributed by atoms with Gasteiger partial charge in [0, 0.05) is 31.1 Å². The summed E-state index contributed by atoms with van der Waals surface area (Å²) in [6.07, 6.45) is -1.77. The van der Waals surface area contributed by atoms with Gasteiger partial charge in [-0.15, -0.1) is 13.2 Å². The molecule has 0 aliphatic rings. The van der Waals surface area contributed by atoms with Gasteiger partial charge in [0.1, 0.15) is 29.2 Å². The highest BCUT2D eigenvalue weighted by atomic mass is 19.4. The van der Waals surface area contributed by atoms with E-state index in [1.165, 1.54) is 30.6 Å². The lowest BCUT2D eigenvalue weighted by Crippen LogP contribution is -2.20. The lowest BCUT2D eigenvalue weighted by Gasteiger charge is -2.12. The first kappa shape index (κ1) is 21.9. The van der Waals surface area contributed by atoms with Gasteiger partial charge in [0.05, 0.1) is 11.2 Å². The minimum atomic E-state index is -4.87. The molecule has 0 aliphatic heterocycles. The van der Waals surface area contributed by atoms with E-state index in [-0.39, 0.29) is 23.0 Å². The molecule has 0 bridgehead atoms. The van der Waals surface area contributed by atoms with E-state index in [4.69, 9.17) is 4.74 Å². The first-order chi connectivity index (χ1) is 15.7. The van der Waals surface area contributed by atoms with Crippen LogP contribution in [0.5, 0.6) is 17.4 Å². The molecule has 0 spiro atoms. The molecular weight excluding hydrogens is 446 g/mol. The largest absolute Gasteiger partial charge is 0.573 e. The molecule has 2 aromatic heterocycles. The Morgan fingerprint density at radius 1 is 1.03 bits per heavy atom. The number of carbonyl (C=O) groups excluding carboxylic acids is 1. The van der Waals surface area contributed by atoms with Gasteiger partial charge in [-0.3, -0.25) is 0 Å². The van der Waals surface area contributed by atoms with E-state index >= 15 is 0 Å². The van der Waals surface area contributed by atoms with Crippen molar-refractivity contribution in [3.63, 3.8) is 0 Å². The van der Waals surface area contributed by atoms with Gasteiger partial charge in [-0.05, 0) is 30.3 Å². The molecule has 2 N–H and O–H groups in total. The number of anilines is 2. The summed E-state index contributed by atoms with van der Waals surface area (Å²) in [6, 6.07) is 9.34. The number of fused-ring (bicyclic) bond motifs is 1. The zero-order valence-electron chi connectivity index (χ0n) is 16.9. The van der Waals surface area contributed by atoms with E-state index in [9.17, 15) is 22.4 Å². The van der Waals surface area contributed by atoms with Gasteiger partial charge in [-0.25, -0.2) is 14.2 Å². The van der Waals surface area contributed by atoms with Crippen LogP contribution in [0.15, 0.2) is 61.1 Å². The lowest BCUT2D eigenvalue weighted by atomic mass is 10.3. The van der Waals surface area contributed by atoms with Gasteiger partial charge in [0.15, 0.2) is 0 Å². The molecule has 4 aromatic rings. The number of alkyl halides is 3. The van der Waals surface area contributed by atoms with Gasteiger partial charge in [0.2, 0.25) is 5.88 Å². The van der Waals surface area contributed by atoms with Crippen LogP contribution in [0.1, 0.15) is 0 Å². The van der Waals surface area contributed by atoms with Gasteiger partial charge in [0.25, 0.3) is 0 Å². The molecule has 0 saturated heterocycles. The molecule has 33 heavy (non-hydrogen) atoms. The van der Waals surface area contributed by atoms with Gasteiger partial charge < -0.3 is 24.7 Å². The Labute approximate surface area is 183 Å². The number of hydrogen-bond acceptors (Lipinski definition) is 5. The third-order valence-electron chi connectivity index (χ3n) is 4.35. The van der Waals surface area contributed by atoms with E-state index < -0.39 is 24.0 Å². The highest BCUT2D eigenvalue weighted by Gasteiger charge is 2.31. The van der Waals surface area contributed by atoms with E-state index in [2.05, 4.69) is 25.3 Å². The zero-order chi connectivity index (χ0) is 23.6.